The van der Waals surface area contributed by atoms with E-state index < -0.39 is 5.97 Å². The van der Waals surface area contributed by atoms with Crippen LogP contribution in [-0.2, 0) is 11.2 Å². The van der Waals surface area contributed by atoms with Gasteiger partial charge in [0.05, 0.1) is 11.9 Å². The first-order chi connectivity index (χ1) is 11.4. The fraction of sp³-hybridized carbons (Fsp3) is 0.500. The zero-order valence-corrected chi connectivity index (χ0v) is 15.8. The summed E-state index contributed by atoms with van der Waals surface area (Å²) in [5.41, 5.74) is 2.37. The number of fused-ring (bicyclic) bond motifs is 1. The maximum Gasteiger partial charge on any atom is 0.307 e. The number of hydrogen-bond donors (Lipinski definition) is 2. The number of anilines is 1. The fourth-order valence-corrected chi connectivity index (χ4v) is 3.62. The molecular formula is C20H27FN2O2. The van der Waals surface area contributed by atoms with Gasteiger partial charge in [0.2, 0.25) is 0 Å². The van der Waals surface area contributed by atoms with Gasteiger partial charge in [-0.3, -0.25) is 9.78 Å². The molecule has 4 nitrogen and oxygen atoms in total. The molecule has 2 N–H and O–H groups in total. The molecule has 0 atom stereocenters. The van der Waals surface area contributed by atoms with E-state index >= 15 is 0 Å². The number of hydrogen-bond acceptors (Lipinski definition) is 3. The van der Waals surface area contributed by atoms with Gasteiger partial charge in [0.1, 0.15) is 5.82 Å². The van der Waals surface area contributed by atoms with Gasteiger partial charge < -0.3 is 10.4 Å². The number of pyridine rings is 1. The summed E-state index contributed by atoms with van der Waals surface area (Å²) in [6.07, 6.45) is 0.712. The van der Waals surface area contributed by atoms with Crippen LogP contribution in [0.4, 0.5) is 10.1 Å². The Hall–Kier alpha value is -2.17. The summed E-state index contributed by atoms with van der Waals surface area (Å²) in [7, 11) is 0. The molecular weight excluding hydrogens is 319 g/mol. The quantitative estimate of drug-likeness (QED) is 0.805. The van der Waals surface area contributed by atoms with E-state index in [-0.39, 0.29) is 23.2 Å². The highest BCUT2D eigenvalue weighted by molar-refractivity contribution is 5.95. The lowest BCUT2D eigenvalue weighted by atomic mass is 9.81. The smallest absolute Gasteiger partial charge is 0.307 e. The fourth-order valence-electron chi connectivity index (χ4n) is 3.62. The van der Waals surface area contributed by atoms with Crippen LogP contribution >= 0.6 is 0 Å². The monoisotopic (exact) mass is 346 g/mol. The molecule has 136 valence electrons. The molecule has 0 amide bonds. The second-order valence-corrected chi connectivity index (χ2v) is 8.53. The van der Waals surface area contributed by atoms with Gasteiger partial charge in [0.25, 0.3) is 0 Å². The Bertz CT molecular complexity index is 807. The van der Waals surface area contributed by atoms with Gasteiger partial charge in [-0.1, -0.05) is 20.8 Å². The van der Waals surface area contributed by atoms with Crippen molar-refractivity contribution in [3.8, 4) is 0 Å². The van der Waals surface area contributed by atoms with E-state index in [4.69, 9.17) is 0 Å². The predicted molar refractivity (Wildman–Crippen MR) is 99.6 cm³/mol. The van der Waals surface area contributed by atoms with Crippen molar-refractivity contribution in [2.45, 2.75) is 59.9 Å². The van der Waals surface area contributed by atoms with Crippen LogP contribution in [0.2, 0.25) is 0 Å². The van der Waals surface area contributed by atoms with E-state index in [0.717, 1.165) is 6.42 Å². The summed E-state index contributed by atoms with van der Waals surface area (Å²) < 4.78 is 13.8. The highest BCUT2D eigenvalue weighted by Gasteiger charge is 2.27. The van der Waals surface area contributed by atoms with E-state index in [1.54, 1.807) is 13.0 Å². The number of nitrogens with one attached hydrogen (secondary N) is 1. The molecule has 0 unspecified atom stereocenters. The summed E-state index contributed by atoms with van der Waals surface area (Å²) in [6, 6.07) is 4.42. The van der Waals surface area contributed by atoms with Gasteiger partial charge in [-0.15, -0.1) is 0 Å². The van der Waals surface area contributed by atoms with Crippen molar-refractivity contribution in [1.29, 1.82) is 0 Å². The van der Waals surface area contributed by atoms with Crippen LogP contribution in [0, 0.1) is 18.2 Å². The average Bonchev–Trinajstić information content (AvgIpc) is 2.40. The average molecular weight is 346 g/mol. The number of aromatic nitrogens is 1. The second-order valence-electron chi connectivity index (χ2n) is 8.53. The number of carboxylic acids is 1. The van der Waals surface area contributed by atoms with E-state index in [0.29, 0.717) is 27.8 Å². The largest absolute Gasteiger partial charge is 0.481 e. The standard InChI is InChI=1S/C20H27FN2O2/c1-12-14(10-17(24)25)18(23-20(5,6)11-19(2,3)4)15-9-13(21)7-8-16(15)22-12/h7-9H,10-11H2,1-6H3,(H,22,23)(H,24,25). The van der Waals surface area contributed by atoms with Crippen LogP contribution in [-0.4, -0.2) is 21.6 Å². The Morgan fingerprint density at radius 3 is 2.44 bits per heavy atom. The number of carboxylic acid groups (broad SMARTS) is 1. The number of nitrogens with zero attached hydrogens (tertiary/aromatic N) is 1. The summed E-state index contributed by atoms with van der Waals surface area (Å²) >= 11 is 0. The van der Waals surface area contributed by atoms with E-state index in [2.05, 4.69) is 44.9 Å². The molecule has 0 saturated carbocycles. The molecule has 1 aromatic carbocycles. The molecule has 0 radical (unpaired) electrons. The minimum Gasteiger partial charge on any atom is -0.481 e. The van der Waals surface area contributed by atoms with Crippen molar-refractivity contribution >= 4 is 22.6 Å². The number of rotatable bonds is 5. The van der Waals surface area contributed by atoms with Gasteiger partial charge in [-0.25, -0.2) is 4.39 Å². The molecule has 1 heterocycles. The Morgan fingerprint density at radius 2 is 1.88 bits per heavy atom. The van der Waals surface area contributed by atoms with Crippen LogP contribution in [0.1, 0.15) is 52.3 Å². The van der Waals surface area contributed by atoms with Crippen LogP contribution in [0.25, 0.3) is 10.9 Å². The number of aryl methyl sites for hydroxylation is 1. The second kappa shape index (κ2) is 6.62. The lowest BCUT2D eigenvalue weighted by Gasteiger charge is -2.35. The molecule has 0 aliphatic carbocycles. The van der Waals surface area contributed by atoms with Gasteiger partial charge in [0.15, 0.2) is 0 Å². The molecule has 0 aliphatic rings. The van der Waals surface area contributed by atoms with Crippen molar-refractivity contribution in [2.24, 2.45) is 5.41 Å². The molecule has 0 bridgehead atoms. The zero-order chi connectivity index (χ0) is 19.0. The molecule has 0 spiro atoms. The minimum atomic E-state index is -0.933. The molecule has 5 heteroatoms. The SMILES string of the molecule is Cc1nc2ccc(F)cc2c(NC(C)(C)CC(C)(C)C)c1CC(=O)O. The van der Waals surface area contributed by atoms with Crippen LogP contribution in [0.3, 0.4) is 0 Å². The van der Waals surface area contributed by atoms with E-state index in [1.807, 2.05) is 0 Å². The third-order valence-corrected chi connectivity index (χ3v) is 4.02. The number of halogens is 1. The zero-order valence-electron chi connectivity index (χ0n) is 15.8. The van der Waals surface area contributed by atoms with E-state index in [9.17, 15) is 14.3 Å². The summed E-state index contributed by atoms with van der Waals surface area (Å²) in [5, 5.41) is 13.4. The summed E-state index contributed by atoms with van der Waals surface area (Å²) in [5.74, 6) is -1.30. The van der Waals surface area contributed by atoms with Crippen LogP contribution in [0.15, 0.2) is 18.2 Å². The summed E-state index contributed by atoms with van der Waals surface area (Å²) in [6.45, 7) is 12.4. The number of aliphatic carboxylic acids is 1. The molecule has 1 aromatic heterocycles. The van der Waals surface area contributed by atoms with Gasteiger partial charge in [0, 0.05) is 27.9 Å². The Kier molecular flexibility index (Phi) is 5.07. The van der Waals surface area contributed by atoms with Crippen LogP contribution < -0.4 is 5.32 Å². The Balaban J connectivity index is 2.64. The molecule has 0 aliphatic heterocycles. The van der Waals surface area contributed by atoms with Crippen molar-refractivity contribution in [1.82, 2.24) is 4.98 Å². The Morgan fingerprint density at radius 1 is 1.24 bits per heavy atom. The predicted octanol–water partition coefficient (Wildman–Crippen LogP) is 4.94. The molecule has 0 saturated heterocycles. The normalized spacial score (nSPS) is 12.4. The van der Waals surface area contributed by atoms with Crippen molar-refractivity contribution in [3.63, 3.8) is 0 Å². The maximum atomic E-state index is 13.8. The van der Waals surface area contributed by atoms with Crippen molar-refractivity contribution in [3.05, 3.63) is 35.3 Å². The molecule has 0 fully saturated rings. The third kappa shape index (κ3) is 4.91. The number of carbonyl (C=O) groups is 1. The Labute approximate surface area is 148 Å². The van der Waals surface area contributed by atoms with Crippen molar-refractivity contribution < 1.29 is 14.3 Å². The molecule has 2 rings (SSSR count). The van der Waals surface area contributed by atoms with Gasteiger partial charge in [-0.2, -0.15) is 0 Å². The highest BCUT2D eigenvalue weighted by atomic mass is 19.1. The summed E-state index contributed by atoms with van der Waals surface area (Å²) in [4.78, 5) is 15.8. The third-order valence-electron chi connectivity index (χ3n) is 4.02. The first kappa shape index (κ1) is 19.2. The van der Waals surface area contributed by atoms with Gasteiger partial charge in [-0.05, 0) is 50.8 Å². The van der Waals surface area contributed by atoms with E-state index in [1.165, 1.54) is 12.1 Å². The van der Waals surface area contributed by atoms with Gasteiger partial charge >= 0.3 is 5.97 Å². The highest BCUT2D eigenvalue weighted by Crippen LogP contribution is 2.35. The lowest BCUT2D eigenvalue weighted by Crippen LogP contribution is -2.36. The minimum absolute atomic E-state index is 0.0899. The topological polar surface area (TPSA) is 62.2 Å². The first-order valence-electron chi connectivity index (χ1n) is 8.47. The maximum absolute atomic E-state index is 13.8. The van der Waals surface area contributed by atoms with Crippen LogP contribution in [0.5, 0.6) is 0 Å². The van der Waals surface area contributed by atoms with Crippen molar-refractivity contribution in [2.75, 3.05) is 5.32 Å². The number of benzene rings is 1. The lowest BCUT2D eigenvalue weighted by molar-refractivity contribution is -0.136. The molecule has 2 aromatic rings. The molecule has 25 heavy (non-hydrogen) atoms. The first-order valence-corrected chi connectivity index (χ1v) is 8.47.